The molecule has 0 radical (unpaired) electrons. The normalized spacial score (nSPS) is 12.0. The predicted octanol–water partition coefficient (Wildman–Crippen LogP) is 1.96. The van der Waals surface area contributed by atoms with E-state index in [4.69, 9.17) is 10.5 Å². The average molecular weight is 402 g/mol. The molecule has 2 aromatic rings. The fourth-order valence-electron chi connectivity index (χ4n) is 2.91. The zero-order chi connectivity index (χ0) is 21.6. The van der Waals surface area contributed by atoms with Crippen molar-refractivity contribution in [3.63, 3.8) is 0 Å². The first-order valence-corrected chi connectivity index (χ1v) is 9.57. The van der Waals surface area contributed by atoms with Crippen molar-refractivity contribution in [2.24, 2.45) is 11.7 Å². The molecule has 1 heterocycles. The standard InChI is InChI=1S/C20H26N4O5/c1-4-5-8-11-24-18(26)14-10-7-6-9-13(14)15(23-24)19(27)29-16(12(2)3)17(25)22-20(21)28/h6-7,9-10,12,16H,4-5,8,11H2,1-3H3,(H3,21,22,25,28)/t16-/m1/s1. The number of hydrogen-bond acceptors (Lipinski definition) is 6. The molecule has 1 atom stereocenters. The molecule has 9 heteroatoms. The molecular weight excluding hydrogens is 376 g/mol. The smallest absolute Gasteiger partial charge is 0.360 e. The molecule has 0 aliphatic carbocycles. The largest absolute Gasteiger partial charge is 0.447 e. The first-order valence-electron chi connectivity index (χ1n) is 9.57. The molecule has 0 spiro atoms. The van der Waals surface area contributed by atoms with E-state index >= 15 is 0 Å². The van der Waals surface area contributed by atoms with Crippen LogP contribution >= 0.6 is 0 Å². The summed E-state index contributed by atoms with van der Waals surface area (Å²) in [4.78, 5) is 48.7. The second kappa shape index (κ2) is 9.81. The van der Waals surface area contributed by atoms with Crippen LogP contribution in [-0.2, 0) is 16.1 Å². The number of imide groups is 1. The number of aromatic nitrogens is 2. The molecule has 2 rings (SSSR count). The molecule has 0 aliphatic heterocycles. The van der Waals surface area contributed by atoms with Gasteiger partial charge in [-0.15, -0.1) is 0 Å². The molecular formula is C20H26N4O5. The highest BCUT2D eigenvalue weighted by Crippen LogP contribution is 2.17. The minimum atomic E-state index is -1.24. The average Bonchev–Trinajstić information content (AvgIpc) is 2.67. The zero-order valence-corrected chi connectivity index (χ0v) is 16.8. The van der Waals surface area contributed by atoms with E-state index in [1.807, 2.05) is 12.2 Å². The SMILES string of the molecule is CCCCCn1nc(C(=O)O[C@@H](C(=O)NC(N)=O)C(C)C)c2ccccc2c1=O. The van der Waals surface area contributed by atoms with Crippen molar-refractivity contribution >= 4 is 28.7 Å². The maximum absolute atomic E-state index is 12.9. The minimum absolute atomic E-state index is 0.0609. The van der Waals surface area contributed by atoms with Crippen molar-refractivity contribution in [1.29, 1.82) is 0 Å². The molecule has 0 saturated heterocycles. The number of fused-ring (bicyclic) bond motifs is 1. The summed E-state index contributed by atoms with van der Waals surface area (Å²) in [6, 6.07) is 5.56. The highest BCUT2D eigenvalue weighted by Gasteiger charge is 2.29. The lowest BCUT2D eigenvalue weighted by Gasteiger charge is -2.20. The number of ether oxygens (including phenoxy) is 1. The minimum Gasteiger partial charge on any atom is -0.447 e. The number of primary amides is 1. The Bertz CT molecular complexity index is 967. The van der Waals surface area contributed by atoms with Crippen molar-refractivity contribution in [2.75, 3.05) is 0 Å². The van der Waals surface area contributed by atoms with E-state index in [1.54, 1.807) is 38.1 Å². The number of carbonyl (C=O) groups excluding carboxylic acids is 3. The summed E-state index contributed by atoms with van der Waals surface area (Å²) < 4.78 is 6.61. The van der Waals surface area contributed by atoms with Crippen LogP contribution in [0.15, 0.2) is 29.1 Å². The third kappa shape index (κ3) is 5.40. The second-order valence-electron chi connectivity index (χ2n) is 7.05. The monoisotopic (exact) mass is 402 g/mol. The lowest BCUT2D eigenvalue weighted by molar-refractivity contribution is -0.130. The van der Waals surface area contributed by atoms with Crippen LogP contribution in [0.1, 0.15) is 50.5 Å². The number of amides is 3. The van der Waals surface area contributed by atoms with Crippen LogP contribution in [0.4, 0.5) is 4.79 Å². The number of nitrogens with zero attached hydrogens (tertiary/aromatic N) is 2. The van der Waals surface area contributed by atoms with Gasteiger partial charge in [-0.05, 0) is 18.4 Å². The van der Waals surface area contributed by atoms with E-state index in [0.717, 1.165) is 19.3 Å². The van der Waals surface area contributed by atoms with Crippen LogP contribution in [0.3, 0.4) is 0 Å². The topological polar surface area (TPSA) is 133 Å². The fraction of sp³-hybridized carbons (Fsp3) is 0.450. The van der Waals surface area contributed by atoms with Crippen LogP contribution in [0.5, 0.6) is 0 Å². The first kappa shape index (κ1) is 22.1. The van der Waals surface area contributed by atoms with E-state index in [9.17, 15) is 19.2 Å². The Labute approximate surface area is 168 Å². The van der Waals surface area contributed by atoms with Gasteiger partial charge in [0.05, 0.1) is 5.39 Å². The summed E-state index contributed by atoms with van der Waals surface area (Å²) in [6.45, 7) is 5.74. The molecule has 0 fully saturated rings. The van der Waals surface area contributed by atoms with E-state index in [-0.39, 0.29) is 11.3 Å². The number of carbonyl (C=O) groups is 3. The van der Waals surface area contributed by atoms with Gasteiger partial charge in [0.1, 0.15) is 0 Å². The van der Waals surface area contributed by atoms with E-state index in [0.29, 0.717) is 17.3 Å². The number of rotatable bonds is 8. The van der Waals surface area contributed by atoms with Gasteiger partial charge in [-0.2, -0.15) is 5.10 Å². The predicted molar refractivity (Wildman–Crippen MR) is 107 cm³/mol. The van der Waals surface area contributed by atoms with Crippen LogP contribution in [-0.4, -0.2) is 33.8 Å². The number of urea groups is 1. The summed E-state index contributed by atoms with van der Waals surface area (Å²) in [5.74, 6) is -2.09. The fourth-order valence-corrected chi connectivity index (χ4v) is 2.91. The number of hydrogen-bond donors (Lipinski definition) is 2. The van der Waals surface area contributed by atoms with Gasteiger partial charge in [-0.1, -0.05) is 51.8 Å². The molecule has 9 nitrogen and oxygen atoms in total. The summed E-state index contributed by atoms with van der Waals surface area (Å²) in [7, 11) is 0. The van der Waals surface area contributed by atoms with Gasteiger partial charge in [0.2, 0.25) is 0 Å². The number of nitrogens with two attached hydrogens (primary N) is 1. The van der Waals surface area contributed by atoms with Crippen LogP contribution in [0, 0.1) is 5.92 Å². The van der Waals surface area contributed by atoms with Crippen molar-refractivity contribution in [3.8, 4) is 0 Å². The van der Waals surface area contributed by atoms with Crippen LogP contribution in [0.25, 0.3) is 10.8 Å². The van der Waals surface area contributed by atoms with E-state index < -0.39 is 29.9 Å². The molecule has 1 aromatic carbocycles. The van der Waals surface area contributed by atoms with Crippen molar-refractivity contribution in [2.45, 2.75) is 52.7 Å². The summed E-state index contributed by atoms with van der Waals surface area (Å²) in [5.41, 5.74) is 4.63. The Morgan fingerprint density at radius 1 is 1.17 bits per heavy atom. The van der Waals surface area contributed by atoms with Crippen LogP contribution < -0.4 is 16.6 Å². The van der Waals surface area contributed by atoms with Gasteiger partial charge in [0.15, 0.2) is 11.8 Å². The number of aryl methyl sites for hydroxylation is 1. The van der Waals surface area contributed by atoms with Crippen LogP contribution in [0.2, 0.25) is 0 Å². The van der Waals surface area contributed by atoms with Gasteiger partial charge in [-0.3, -0.25) is 14.9 Å². The van der Waals surface area contributed by atoms with Gasteiger partial charge >= 0.3 is 12.0 Å². The number of esters is 1. The van der Waals surface area contributed by atoms with Gasteiger partial charge < -0.3 is 10.5 Å². The molecule has 0 aliphatic rings. The maximum Gasteiger partial charge on any atom is 0.360 e. The number of unbranched alkanes of at least 4 members (excludes halogenated alkanes) is 2. The third-order valence-electron chi connectivity index (χ3n) is 4.38. The lowest BCUT2D eigenvalue weighted by Crippen LogP contribution is -2.45. The molecule has 3 N–H and O–H groups in total. The van der Waals surface area contributed by atoms with Gasteiger partial charge in [0, 0.05) is 11.9 Å². The molecule has 0 bridgehead atoms. The van der Waals surface area contributed by atoms with Crippen molar-refractivity contribution < 1.29 is 19.1 Å². The lowest BCUT2D eigenvalue weighted by atomic mass is 10.1. The van der Waals surface area contributed by atoms with Gasteiger partial charge in [0.25, 0.3) is 11.5 Å². The van der Waals surface area contributed by atoms with Crippen molar-refractivity contribution in [3.05, 3.63) is 40.3 Å². The Hall–Kier alpha value is -3.23. The Kier molecular flexibility index (Phi) is 7.46. The second-order valence-corrected chi connectivity index (χ2v) is 7.05. The molecule has 0 unspecified atom stereocenters. The molecule has 1 aromatic heterocycles. The molecule has 156 valence electrons. The number of nitrogens with one attached hydrogen (secondary N) is 1. The zero-order valence-electron chi connectivity index (χ0n) is 16.8. The van der Waals surface area contributed by atoms with E-state index in [2.05, 4.69) is 5.10 Å². The summed E-state index contributed by atoms with van der Waals surface area (Å²) in [6.07, 6.45) is 1.40. The Morgan fingerprint density at radius 3 is 2.41 bits per heavy atom. The van der Waals surface area contributed by atoms with Crippen molar-refractivity contribution in [1.82, 2.24) is 15.1 Å². The van der Waals surface area contributed by atoms with Gasteiger partial charge in [-0.25, -0.2) is 14.3 Å². The first-order chi connectivity index (χ1) is 13.8. The highest BCUT2D eigenvalue weighted by molar-refractivity contribution is 6.03. The highest BCUT2D eigenvalue weighted by atomic mass is 16.5. The Morgan fingerprint density at radius 2 is 1.83 bits per heavy atom. The summed E-state index contributed by atoms with van der Waals surface area (Å²) >= 11 is 0. The summed E-state index contributed by atoms with van der Waals surface area (Å²) in [5, 5.41) is 6.81. The number of benzene rings is 1. The molecule has 0 saturated carbocycles. The maximum atomic E-state index is 12.9. The molecule has 3 amide bonds. The quantitative estimate of drug-likeness (QED) is 0.512. The Balaban J connectivity index is 2.43. The molecule has 29 heavy (non-hydrogen) atoms. The third-order valence-corrected chi connectivity index (χ3v) is 4.38. The van der Waals surface area contributed by atoms with E-state index in [1.165, 1.54) is 4.68 Å².